The van der Waals surface area contributed by atoms with Gasteiger partial charge in [0.1, 0.15) is 18.1 Å². The molecular formula is C26H31N3O5S. The first-order valence-corrected chi connectivity index (χ1v) is 13.1. The van der Waals surface area contributed by atoms with Crippen LogP contribution in [0.1, 0.15) is 47.6 Å². The fourth-order valence-corrected chi connectivity index (χ4v) is 6.13. The average molecular weight is 498 g/mol. The summed E-state index contributed by atoms with van der Waals surface area (Å²) in [5.74, 6) is 1.59. The highest BCUT2D eigenvalue weighted by Crippen LogP contribution is 2.27. The summed E-state index contributed by atoms with van der Waals surface area (Å²) in [7, 11) is -3.57. The van der Waals surface area contributed by atoms with Crippen molar-refractivity contribution in [1.29, 1.82) is 0 Å². The summed E-state index contributed by atoms with van der Waals surface area (Å²) >= 11 is 0. The molecule has 2 aromatic carbocycles. The number of rotatable bonds is 7. The fraction of sp³-hybridized carbons (Fsp3) is 0.385. The van der Waals surface area contributed by atoms with E-state index in [4.69, 9.17) is 9.26 Å². The minimum absolute atomic E-state index is 0.228. The van der Waals surface area contributed by atoms with E-state index in [9.17, 15) is 13.2 Å². The maximum atomic E-state index is 13.1. The number of carbonyl (C=O) groups is 1. The van der Waals surface area contributed by atoms with Crippen molar-refractivity contribution in [3.05, 3.63) is 71.1 Å². The number of hydrogen-bond acceptors (Lipinski definition) is 6. The minimum Gasteiger partial charge on any atom is -0.489 e. The van der Waals surface area contributed by atoms with E-state index in [0.717, 1.165) is 17.7 Å². The van der Waals surface area contributed by atoms with E-state index >= 15 is 0 Å². The molecule has 9 heteroatoms. The van der Waals surface area contributed by atoms with Crippen LogP contribution in [0.25, 0.3) is 0 Å². The van der Waals surface area contributed by atoms with Crippen LogP contribution >= 0.6 is 0 Å². The molecule has 1 aliphatic heterocycles. The second-order valence-corrected chi connectivity index (χ2v) is 11.3. The molecule has 186 valence electrons. The zero-order valence-corrected chi connectivity index (χ0v) is 21.3. The van der Waals surface area contributed by atoms with Crippen LogP contribution in [0.4, 0.5) is 5.69 Å². The van der Waals surface area contributed by atoms with Gasteiger partial charge in [-0.2, -0.15) is 4.31 Å². The number of hydrogen-bond donors (Lipinski definition) is 1. The molecule has 1 saturated heterocycles. The first-order valence-electron chi connectivity index (χ1n) is 11.7. The number of carbonyl (C=O) groups excluding carboxylic acids is 1. The summed E-state index contributed by atoms with van der Waals surface area (Å²) in [5, 5.41) is 6.73. The van der Waals surface area contributed by atoms with E-state index in [1.165, 1.54) is 12.1 Å². The Bertz CT molecular complexity index is 1270. The van der Waals surface area contributed by atoms with Crippen molar-refractivity contribution < 1.29 is 22.5 Å². The topological polar surface area (TPSA) is 102 Å². The summed E-state index contributed by atoms with van der Waals surface area (Å²) < 4.78 is 38.7. The number of piperidine rings is 1. The first kappa shape index (κ1) is 24.9. The largest absolute Gasteiger partial charge is 0.489 e. The lowest BCUT2D eigenvalue weighted by molar-refractivity contribution is 0.102. The molecule has 35 heavy (non-hydrogen) atoms. The first-order chi connectivity index (χ1) is 16.6. The van der Waals surface area contributed by atoms with Crippen molar-refractivity contribution in [3.63, 3.8) is 0 Å². The highest BCUT2D eigenvalue weighted by Gasteiger charge is 2.31. The number of ether oxygens (including phenoxy) is 1. The summed E-state index contributed by atoms with van der Waals surface area (Å²) in [5.41, 5.74) is 2.58. The normalized spacial score (nSPS) is 18.9. The number of amides is 1. The van der Waals surface area contributed by atoms with E-state index in [1.807, 2.05) is 13.8 Å². The van der Waals surface area contributed by atoms with Gasteiger partial charge >= 0.3 is 0 Å². The van der Waals surface area contributed by atoms with E-state index in [0.29, 0.717) is 47.7 Å². The molecule has 2 atom stereocenters. The highest BCUT2D eigenvalue weighted by molar-refractivity contribution is 7.89. The zero-order chi connectivity index (χ0) is 25.2. The van der Waals surface area contributed by atoms with E-state index in [-0.39, 0.29) is 17.4 Å². The van der Waals surface area contributed by atoms with Crippen LogP contribution in [-0.2, 0) is 16.6 Å². The Labute approximate surface area is 206 Å². The summed E-state index contributed by atoms with van der Waals surface area (Å²) in [6.07, 6.45) is 1.03. The molecule has 1 aromatic heterocycles. The Morgan fingerprint density at radius 2 is 1.80 bits per heavy atom. The molecule has 1 N–H and O–H groups in total. The Kier molecular flexibility index (Phi) is 7.28. The molecule has 2 unspecified atom stereocenters. The second kappa shape index (κ2) is 10.2. The molecule has 4 rings (SSSR count). The van der Waals surface area contributed by atoms with Gasteiger partial charge in [0.2, 0.25) is 10.0 Å². The third kappa shape index (κ3) is 5.74. The molecule has 1 aliphatic rings. The average Bonchev–Trinajstić information content (AvgIpc) is 3.14. The van der Waals surface area contributed by atoms with Crippen molar-refractivity contribution >= 4 is 21.6 Å². The van der Waals surface area contributed by atoms with Crippen LogP contribution in [0.3, 0.4) is 0 Å². The Morgan fingerprint density at radius 1 is 1.11 bits per heavy atom. The van der Waals surface area contributed by atoms with Crippen LogP contribution in [0.15, 0.2) is 57.9 Å². The van der Waals surface area contributed by atoms with Crippen molar-refractivity contribution in [2.24, 2.45) is 11.8 Å². The van der Waals surface area contributed by atoms with Gasteiger partial charge in [-0.1, -0.05) is 25.1 Å². The maximum Gasteiger partial charge on any atom is 0.255 e. The van der Waals surface area contributed by atoms with Crippen LogP contribution in [0.5, 0.6) is 5.75 Å². The predicted octanol–water partition coefficient (Wildman–Crippen LogP) is 4.79. The number of aromatic nitrogens is 1. The van der Waals surface area contributed by atoms with Gasteiger partial charge < -0.3 is 14.6 Å². The van der Waals surface area contributed by atoms with Crippen molar-refractivity contribution in [3.8, 4) is 5.75 Å². The lowest BCUT2D eigenvalue weighted by atomic mass is 9.94. The third-order valence-corrected chi connectivity index (χ3v) is 8.09. The lowest BCUT2D eigenvalue weighted by Crippen LogP contribution is -2.42. The molecule has 0 radical (unpaired) electrons. The lowest BCUT2D eigenvalue weighted by Gasteiger charge is -2.34. The molecule has 8 nitrogen and oxygen atoms in total. The van der Waals surface area contributed by atoms with Crippen molar-refractivity contribution in [2.75, 3.05) is 18.4 Å². The van der Waals surface area contributed by atoms with E-state index in [1.54, 1.807) is 40.7 Å². The third-order valence-electron chi connectivity index (χ3n) is 6.25. The molecule has 1 fully saturated rings. The zero-order valence-electron chi connectivity index (χ0n) is 20.4. The monoisotopic (exact) mass is 497 g/mol. The van der Waals surface area contributed by atoms with Gasteiger partial charge in [-0.05, 0) is 74.6 Å². The number of nitrogens with zero attached hydrogens (tertiary/aromatic N) is 2. The number of anilines is 1. The maximum absolute atomic E-state index is 13.1. The van der Waals surface area contributed by atoms with Gasteiger partial charge in [0.05, 0.1) is 16.2 Å². The van der Waals surface area contributed by atoms with Gasteiger partial charge in [-0.3, -0.25) is 4.79 Å². The van der Waals surface area contributed by atoms with E-state index in [2.05, 4.69) is 24.3 Å². The molecule has 0 spiro atoms. The Hall–Kier alpha value is -3.17. The standard InChI is InChI=1S/C26H31N3O5S/c1-17-12-18(2)15-29(14-17)35(31,32)24-10-8-22(9-11-24)27-26(30)21-6-5-7-23(13-21)33-16-25-19(3)28-34-20(25)4/h5-11,13,17-18H,12,14-16H2,1-4H3,(H,27,30). The van der Waals surface area contributed by atoms with Gasteiger partial charge in [0.15, 0.2) is 0 Å². The Morgan fingerprint density at radius 3 is 2.43 bits per heavy atom. The summed E-state index contributed by atoms with van der Waals surface area (Å²) in [6.45, 7) is 9.17. The molecule has 3 aromatic rings. The number of benzene rings is 2. The molecule has 0 aliphatic carbocycles. The molecule has 0 saturated carbocycles. The molecular weight excluding hydrogens is 466 g/mol. The van der Waals surface area contributed by atoms with Crippen LogP contribution < -0.4 is 10.1 Å². The number of sulfonamides is 1. The van der Waals surface area contributed by atoms with Gasteiger partial charge in [-0.15, -0.1) is 0 Å². The van der Waals surface area contributed by atoms with Gasteiger partial charge in [0.25, 0.3) is 5.91 Å². The quantitative estimate of drug-likeness (QED) is 0.504. The SMILES string of the molecule is Cc1noc(C)c1COc1cccc(C(=O)Nc2ccc(S(=O)(=O)N3CC(C)CC(C)C3)cc2)c1. The minimum atomic E-state index is -3.57. The van der Waals surface area contributed by atoms with Gasteiger partial charge in [-0.25, -0.2) is 8.42 Å². The van der Waals surface area contributed by atoms with Crippen LogP contribution in [0.2, 0.25) is 0 Å². The molecule has 2 heterocycles. The van der Waals surface area contributed by atoms with Crippen molar-refractivity contribution in [1.82, 2.24) is 9.46 Å². The molecule has 1 amide bonds. The summed E-state index contributed by atoms with van der Waals surface area (Å²) in [4.78, 5) is 13.0. The molecule has 0 bridgehead atoms. The second-order valence-electron chi connectivity index (χ2n) is 9.37. The van der Waals surface area contributed by atoms with Crippen molar-refractivity contribution in [2.45, 2.75) is 45.6 Å². The van der Waals surface area contributed by atoms with E-state index < -0.39 is 10.0 Å². The summed E-state index contributed by atoms with van der Waals surface area (Å²) in [6, 6.07) is 13.2. The highest BCUT2D eigenvalue weighted by atomic mass is 32.2. The fourth-order valence-electron chi connectivity index (χ4n) is 4.46. The number of aryl methyl sites for hydroxylation is 2. The number of nitrogens with one attached hydrogen (secondary N) is 1. The van der Waals surface area contributed by atoms with Crippen LogP contribution in [-0.4, -0.2) is 36.9 Å². The van der Waals surface area contributed by atoms with Crippen LogP contribution in [0, 0.1) is 25.7 Å². The Balaban J connectivity index is 1.41. The van der Waals surface area contributed by atoms with Gasteiger partial charge in [0, 0.05) is 24.3 Å². The predicted molar refractivity (Wildman–Crippen MR) is 133 cm³/mol. The smallest absolute Gasteiger partial charge is 0.255 e.